The molecule has 0 saturated heterocycles. The number of anilines is 2. The molecule has 0 spiro atoms. The van der Waals surface area contributed by atoms with Gasteiger partial charge in [-0.1, -0.05) is 13.8 Å². The van der Waals surface area contributed by atoms with E-state index < -0.39 is 32.7 Å². The summed E-state index contributed by atoms with van der Waals surface area (Å²) in [5.74, 6) is -0.685. The summed E-state index contributed by atoms with van der Waals surface area (Å²) in [6, 6.07) is 5.33. The summed E-state index contributed by atoms with van der Waals surface area (Å²) >= 11 is 0. The van der Waals surface area contributed by atoms with Gasteiger partial charge in [-0.25, -0.2) is 17.9 Å². The Labute approximate surface area is 199 Å². The van der Waals surface area contributed by atoms with Crippen LogP contribution in [0.4, 0.5) is 11.5 Å². The molecule has 1 heterocycles. The van der Waals surface area contributed by atoms with Gasteiger partial charge in [0.1, 0.15) is 5.82 Å². The molecular weight excluding hydrogens is 462 g/mol. The maximum atomic E-state index is 13.4. The molecule has 188 valence electrons. The highest BCUT2D eigenvalue weighted by Crippen LogP contribution is 2.21. The molecule has 0 unspecified atom stereocenters. The van der Waals surface area contributed by atoms with Crippen molar-refractivity contribution >= 4 is 27.4 Å². The average molecular weight is 496 g/mol. The number of hydrogen-bond acceptors (Lipinski definition) is 7. The third kappa shape index (κ3) is 6.55. The second-order valence-electron chi connectivity index (χ2n) is 9.33. The molecule has 0 aliphatic heterocycles. The minimum Gasteiger partial charge on any atom is -0.383 e. The predicted molar refractivity (Wildman–Crippen MR) is 131 cm³/mol. The van der Waals surface area contributed by atoms with E-state index in [-0.39, 0.29) is 47.6 Å². The first-order valence-corrected chi connectivity index (χ1v) is 12.2. The van der Waals surface area contributed by atoms with Crippen LogP contribution in [0.2, 0.25) is 0 Å². The summed E-state index contributed by atoms with van der Waals surface area (Å²) in [5, 5.41) is 0. The number of aromatic nitrogens is 2. The molecule has 12 heteroatoms. The number of benzene rings is 1. The van der Waals surface area contributed by atoms with Crippen molar-refractivity contribution in [3.63, 3.8) is 0 Å². The van der Waals surface area contributed by atoms with E-state index >= 15 is 0 Å². The fraction of sp³-hybridized carbons (Fsp3) is 0.500. The summed E-state index contributed by atoms with van der Waals surface area (Å²) in [5.41, 5.74) is 3.99. The van der Waals surface area contributed by atoms with E-state index in [1.54, 1.807) is 20.8 Å². The molecule has 2 aromatic rings. The number of sulfonamides is 1. The van der Waals surface area contributed by atoms with Gasteiger partial charge in [0.2, 0.25) is 10.0 Å². The Morgan fingerprint density at radius 1 is 1.21 bits per heavy atom. The monoisotopic (exact) mass is 495 g/mol. The molecule has 0 saturated carbocycles. The highest BCUT2D eigenvalue weighted by Gasteiger charge is 2.27. The number of ether oxygens (including phenoxy) is 1. The number of nitrogens with zero attached hydrogens (tertiary/aromatic N) is 2. The van der Waals surface area contributed by atoms with E-state index in [9.17, 15) is 22.8 Å². The van der Waals surface area contributed by atoms with Crippen LogP contribution in [-0.2, 0) is 21.3 Å². The predicted octanol–water partition coefficient (Wildman–Crippen LogP) is 1.14. The number of methoxy groups -OCH3 is 1. The molecule has 0 atom stereocenters. The van der Waals surface area contributed by atoms with Crippen molar-refractivity contribution in [3.8, 4) is 0 Å². The highest BCUT2D eigenvalue weighted by atomic mass is 32.2. The van der Waals surface area contributed by atoms with Crippen LogP contribution in [0.15, 0.2) is 38.8 Å². The summed E-state index contributed by atoms with van der Waals surface area (Å²) in [6.07, 6.45) is 0. The normalized spacial score (nSPS) is 12.2. The van der Waals surface area contributed by atoms with Crippen molar-refractivity contribution < 1.29 is 17.9 Å². The van der Waals surface area contributed by atoms with Crippen LogP contribution in [0.25, 0.3) is 0 Å². The molecular formula is C22H33N5O6S. The minimum atomic E-state index is -3.79. The average Bonchev–Trinajstić information content (AvgIpc) is 2.71. The molecule has 1 aromatic heterocycles. The molecule has 0 aliphatic carbocycles. The lowest BCUT2D eigenvalue weighted by Crippen LogP contribution is -2.43. The quantitative estimate of drug-likeness (QED) is 0.471. The van der Waals surface area contributed by atoms with Crippen molar-refractivity contribution in [1.29, 1.82) is 0 Å². The maximum absolute atomic E-state index is 13.4. The first kappa shape index (κ1) is 27.3. The SMILES string of the molecule is COCCN(C(=O)c1ccc(S(=O)(=O)NC(C)(C)C)cc1)c1c(N)n(CC(C)C)c(=O)[nH]c1=O. The van der Waals surface area contributed by atoms with Gasteiger partial charge in [0.25, 0.3) is 11.5 Å². The van der Waals surface area contributed by atoms with Crippen LogP contribution in [0, 0.1) is 5.92 Å². The van der Waals surface area contributed by atoms with Crippen LogP contribution < -0.4 is 26.6 Å². The lowest BCUT2D eigenvalue weighted by Gasteiger charge is -2.25. The molecule has 1 aromatic carbocycles. The standard InChI is InChI=1S/C22H33N5O6S/c1-14(2)13-27-18(23)17(19(28)24-21(27)30)26(11-12-33-6)20(29)15-7-9-16(10-8-15)34(31,32)25-22(3,4)5/h7-10,14,25H,11-13,23H2,1-6H3,(H,24,28,30). The van der Waals surface area contributed by atoms with E-state index in [2.05, 4.69) is 9.71 Å². The Morgan fingerprint density at radius 2 is 1.79 bits per heavy atom. The zero-order valence-corrected chi connectivity index (χ0v) is 21.2. The Balaban J connectivity index is 2.53. The van der Waals surface area contributed by atoms with Gasteiger partial charge >= 0.3 is 5.69 Å². The van der Waals surface area contributed by atoms with Crippen LogP contribution >= 0.6 is 0 Å². The number of nitrogens with two attached hydrogens (primary N) is 1. The van der Waals surface area contributed by atoms with Crippen LogP contribution in [0.5, 0.6) is 0 Å². The van der Waals surface area contributed by atoms with Gasteiger partial charge in [-0.05, 0) is 51.0 Å². The van der Waals surface area contributed by atoms with E-state index in [4.69, 9.17) is 10.5 Å². The Bertz CT molecular complexity index is 1240. The fourth-order valence-corrected chi connectivity index (χ4v) is 4.70. The fourth-order valence-electron chi connectivity index (χ4n) is 3.28. The highest BCUT2D eigenvalue weighted by molar-refractivity contribution is 7.89. The molecule has 0 radical (unpaired) electrons. The van der Waals surface area contributed by atoms with Gasteiger partial charge < -0.3 is 10.5 Å². The van der Waals surface area contributed by atoms with Gasteiger partial charge in [-0.3, -0.25) is 24.0 Å². The lowest BCUT2D eigenvalue weighted by molar-refractivity contribution is 0.0975. The number of aromatic amines is 1. The van der Waals surface area contributed by atoms with Gasteiger partial charge in [-0.15, -0.1) is 0 Å². The third-order valence-electron chi connectivity index (χ3n) is 4.65. The number of nitrogens with one attached hydrogen (secondary N) is 2. The van der Waals surface area contributed by atoms with E-state index in [1.165, 1.54) is 35.9 Å². The van der Waals surface area contributed by atoms with Crippen molar-refractivity contribution in [1.82, 2.24) is 14.3 Å². The zero-order valence-electron chi connectivity index (χ0n) is 20.3. The van der Waals surface area contributed by atoms with Gasteiger partial charge in [0.15, 0.2) is 5.69 Å². The first-order chi connectivity index (χ1) is 15.7. The minimum absolute atomic E-state index is 0.00902. The summed E-state index contributed by atoms with van der Waals surface area (Å²) in [7, 11) is -2.35. The lowest BCUT2D eigenvalue weighted by atomic mass is 10.1. The van der Waals surface area contributed by atoms with Crippen LogP contribution in [-0.4, -0.2) is 49.7 Å². The molecule has 0 aliphatic rings. The Kier molecular flexibility index (Phi) is 8.45. The molecule has 34 heavy (non-hydrogen) atoms. The van der Waals surface area contributed by atoms with Crippen molar-refractivity contribution in [2.75, 3.05) is 30.9 Å². The molecule has 0 fully saturated rings. The van der Waals surface area contributed by atoms with Gasteiger partial charge in [0.05, 0.1) is 11.5 Å². The number of H-pyrrole nitrogens is 1. The van der Waals surface area contributed by atoms with Gasteiger partial charge in [-0.2, -0.15) is 0 Å². The van der Waals surface area contributed by atoms with Gasteiger partial charge in [0, 0.05) is 31.3 Å². The summed E-state index contributed by atoms with van der Waals surface area (Å²) in [6.45, 7) is 9.24. The summed E-state index contributed by atoms with van der Waals surface area (Å²) in [4.78, 5) is 41.7. The number of carbonyl (C=O) groups is 1. The molecule has 4 N–H and O–H groups in total. The molecule has 0 bridgehead atoms. The molecule has 2 rings (SSSR count). The van der Waals surface area contributed by atoms with Crippen LogP contribution in [0.1, 0.15) is 45.0 Å². The number of carbonyl (C=O) groups excluding carboxylic acids is 1. The van der Waals surface area contributed by atoms with Crippen molar-refractivity contribution in [3.05, 3.63) is 50.7 Å². The molecule has 1 amide bonds. The van der Waals surface area contributed by atoms with E-state index in [0.29, 0.717) is 0 Å². The largest absolute Gasteiger partial charge is 0.383 e. The number of hydrogen-bond donors (Lipinski definition) is 3. The number of amides is 1. The molecule has 11 nitrogen and oxygen atoms in total. The smallest absolute Gasteiger partial charge is 0.330 e. The third-order valence-corrected chi connectivity index (χ3v) is 6.42. The first-order valence-electron chi connectivity index (χ1n) is 10.8. The summed E-state index contributed by atoms with van der Waals surface area (Å²) < 4.78 is 34.0. The van der Waals surface area contributed by atoms with Crippen molar-refractivity contribution in [2.24, 2.45) is 5.92 Å². The Morgan fingerprint density at radius 3 is 2.29 bits per heavy atom. The van der Waals surface area contributed by atoms with E-state index in [1.807, 2.05) is 13.8 Å². The second kappa shape index (κ2) is 10.5. The van der Waals surface area contributed by atoms with Crippen LogP contribution in [0.3, 0.4) is 0 Å². The number of rotatable bonds is 9. The second-order valence-corrected chi connectivity index (χ2v) is 11.0. The van der Waals surface area contributed by atoms with Crippen molar-refractivity contribution in [2.45, 2.75) is 51.6 Å². The topological polar surface area (TPSA) is 157 Å². The zero-order chi connectivity index (χ0) is 25.8. The Hall–Kier alpha value is -2.96. The van der Waals surface area contributed by atoms with E-state index in [0.717, 1.165) is 4.90 Å². The maximum Gasteiger partial charge on any atom is 0.330 e. The number of nitrogen functional groups attached to an aromatic ring is 1.